The number of amides is 2. The molecular formula is C12H22N2O4. The fourth-order valence-corrected chi connectivity index (χ4v) is 2.14. The Morgan fingerprint density at radius 3 is 2.78 bits per heavy atom. The van der Waals surface area contributed by atoms with Gasteiger partial charge < -0.3 is 20.1 Å². The Balaban J connectivity index is 2.36. The van der Waals surface area contributed by atoms with Gasteiger partial charge in [0.2, 0.25) is 0 Å². The number of piperidine rings is 1. The van der Waals surface area contributed by atoms with Crippen LogP contribution in [0.25, 0.3) is 0 Å². The highest BCUT2D eigenvalue weighted by Crippen LogP contribution is 2.16. The van der Waals surface area contributed by atoms with Gasteiger partial charge in [-0.15, -0.1) is 0 Å². The van der Waals surface area contributed by atoms with Crippen molar-refractivity contribution >= 4 is 12.0 Å². The van der Waals surface area contributed by atoms with Crippen LogP contribution in [-0.2, 0) is 9.53 Å². The van der Waals surface area contributed by atoms with E-state index in [-0.39, 0.29) is 25.0 Å². The summed E-state index contributed by atoms with van der Waals surface area (Å²) in [4.78, 5) is 24.3. The number of methoxy groups -OCH3 is 1. The molecule has 1 aliphatic rings. The Bertz CT molecular complexity index is 296. The van der Waals surface area contributed by atoms with E-state index in [0.29, 0.717) is 0 Å². The molecule has 6 heteroatoms. The summed E-state index contributed by atoms with van der Waals surface area (Å²) in [7, 11) is 1.45. The molecule has 18 heavy (non-hydrogen) atoms. The Hall–Kier alpha value is -1.30. The van der Waals surface area contributed by atoms with Crippen LogP contribution in [0.5, 0.6) is 0 Å². The maximum Gasteiger partial charge on any atom is 0.317 e. The van der Waals surface area contributed by atoms with E-state index in [2.05, 4.69) is 5.32 Å². The van der Waals surface area contributed by atoms with Gasteiger partial charge in [-0.25, -0.2) is 4.79 Å². The third-order valence-electron chi connectivity index (χ3n) is 3.28. The first kappa shape index (κ1) is 14.8. The highest BCUT2D eigenvalue weighted by Gasteiger charge is 2.23. The standard InChI is InChI=1S/C12H22N2O4/c1-9-5-3-4-6-14(9)12(17)13-8-10(18-2)7-11(15)16/h9-10H,3-8H2,1-2H3,(H,13,17)(H,15,16). The van der Waals surface area contributed by atoms with Gasteiger partial charge in [0.15, 0.2) is 0 Å². The molecule has 0 aromatic rings. The van der Waals surface area contributed by atoms with Gasteiger partial charge in [0.05, 0.1) is 12.5 Å². The van der Waals surface area contributed by atoms with Crippen molar-refractivity contribution < 1.29 is 19.4 Å². The SMILES string of the molecule is COC(CNC(=O)N1CCCCC1C)CC(=O)O. The molecule has 2 N–H and O–H groups in total. The molecule has 0 spiro atoms. The molecule has 0 aliphatic carbocycles. The minimum absolute atomic E-state index is 0.105. The van der Waals surface area contributed by atoms with Crippen molar-refractivity contribution in [3.05, 3.63) is 0 Å². The van der Waals surface area contributed by atoms with Gasteiger partial charge in [0, 0.05) is 26.2 Å². The van der Waals surface area contributed by atoms with Crippen molar-refractivity contribution in [2.45, 2.75) is 44.8 Å². The summed E-state index contributed by atoms with van der Waals surface area (Å²) in [5.41, 5.74) is 0. The lowest BCUT2D eigenvalue weighted by Gasteiger charge is -2.33. The lowest BCUT2D eigenvalue weighted by atomic mass is 10.0. The molecule has 1 rings (SSSR count). The second-order valence-electron chi connectivity index (χ2n) is 4.68. The van der Waals surface area contributed by atoms with Crippen LogP contribution < -0.4 is 5.32 Å². The van der Waals surface area contributed by atoms with Gasteiger partial charge in [-0.2, -0.15) is 0 Å². The number of rotatable bonds is 5. The third-order valence-corrected chi connectivity index (χ3v) is 3.28. The molecule has 0 saturated carbocycles. The van der Waals surface area contributed by atoms with Crippen molar-refractivity contribution in [3.63, 3.8) is 0 Å². The second kappa shape index (κ2) is 7.20. The summed E-state index contributed by atoms with van der Waals surface area (Å²) in [6.45, 7) is 3.03. The van der Waals surface area contributed by atoms with E-state index in [1.807, 2.05) is 6.92 Å². The van der Waals surface area contributed by atoms with Crippen LogP contribution >= 0.6 is 0 Å². The van der Waals surface area contributed by atoms with Crippen LogP contribution in [0.4, 0.5) is 4.79 Å². The number of carboxylic acid groups (broad SMARTS) is 1. The molecule has 2 unspecified atom stereocenters. The maximum absolute atomic E-state index is 11.9. The fraction of sp³-hybridized carbons (Fsp3) is 0.833. The smallest absolute Gasteiger partial charge is 0.317 e. The summed E-state index contributed by atoms with van der Waals surface area (Å²) in [5, 5.41) is 11.4. The topological polar surface area (TPSA) is 78.9 Å². The minimum atomic E-state index is -0.928. The molecule has 0 aromatic carbocycles. The van der Waals surface area contributed by atoms with Crippen molar-refractivity contribution in [2.75, 3.05) is 20.2 Å². The van der Waals surface area contributed by atoms with E-state index < -0.39 is 12.1 Å². The summed E-state index contributed by atoms with van der Waals surface area (Å²) in [6.07, 6.45) is 2.62. The predicted octanol–water partition coefficient (Wildman–Crippen LogP) is 1.06. The normalized spacial score (nSPS) is 21.4. The zero-order valence-electron chi connectivity index (χ0n) is 11.0. The number of carbonyl (C=O) groups is 2. The molecule has 104 valence electrons. The number of ether oxygens (including phenoxy) is 1. The molecule has 2 amide bonds. The number of nitrogens with zero attached hydrogens (tertiary/aromatic N) is 1. The number of carboxylic acids is 1. The Morgan fingerprint density at radius 1 is 1.50 bits per heavy atom. The summed E-state index contributed by atoms with van der Waals surface area (Å²) in [5.74, 6) is -0.928. The molecule has 2 atom stereocenters. The summed E-state index contributed by atoms with van der Waals surface area (Å²) in [6, 6.07) is 0.119. The van der Waals surface area contributed by atoms with Gasteiger partial charge in [0.1, 0.15) is 0 Å². The zero-order valence-corrected chi connectivity index (χ0v) is 11.0. The number of carbonyl (C=O) groups excluding carboxylic acids is 1. The largest absolute Gasteiger partial charge is 0.481 e. The van der Waals surface area contributed by atoms with Gasteiger partial charge in [-0.3, -0.25) is 4.79 Å². The molecule has 6 nitrogen and oxygen atoms in total. The van der Waals surface area contributed by atoms with Crippen molar-refractivity contribution in [1.29, 1.82) is 0 Å². The predicted molar refractivity (Wildman–Crippen MR) is 66.5 cm³/mol. The van der Waals surface area contributed by atoms with Crippen molar-refractivity contribution in [2.24, 2.45) is 0 Å². The molecule has 0 bridgehead atoms. The molecule has 0 aromatic heterocycles. The van der Waals surface area contributed by atoms with Crippen LogP contribution in [-0.4, -0.2) is 54.4 Å². The Morgan fingerprint density at radius 2 is 2.22 bits per heavy atom. The number of hydrogen-bond donors (Lipinski definition) is 2. The van der Waals surface area contributed by atoms with E-state index in [1.165, 1.54) is 7.11 Å². The molecule has 1 aliphatic heterocycles. The number of aliphatic carboxylic acids is 1. The van der Waals surface area contributed by atoms with Gasteiger partial charge in [0.25, 0.3) is 0 Å². The molecular weight excluding hydrogens is 236 g/mol. The van der Waals surface area contributed by atoms with Crippen LogP contribution in [0.2, 0.25) is 0 Å². The Labute approximate surface area is 107 Å². The van der Waals surface area contributed by atoms with E-state index in [1.54, 1.807) is 4.90 Å². The van der Waals surface area contributed by atoms with Gasteiger partial charge in [-0.1, -0.05) is 0 Å². The van der Waals surface area contributed by atoms with Crippen LogP contribution in [0.1, 0.15) is 32.6 Å². The third kappa shape index (κ3) is 4.52. The van der Waals surface area contributed by atoms with E-state index in [0.717, 1.165) is 25.8 Å². The van der Waals surface area contributed by atoms with Gasteiger partial charge in [-0.05, 0) is 26.2 Å². The maximum atomic E-state index is 11.9. The van der Waals surface area contributed by atoms with Crippen LogP contribution in [0.3, 0.4) is 0 Å². The van der Waals surface area contributed by atoms with Crippen LogP contribution in [0.15, 0.2) is 0 Å². The highest BCUT2D eigenvalue weighted by atomic mass is 16.5. The number of urea groups is 1. The second-order valence-corrected chi connectivity index (χ2v) is 4.68. The number of nitrogens with one attached hydrogen (secondary N) is 1. The molecule has 1 heterocycles. The minimum Gasteiger partial charge on any atom is -0.481 e. The van der Waals surface area contributed by atoms with Gasteiger partial charge >= 0.3 is 12.0 Å². The number of likely N-dealkylation sites (tertiary alicyclic amines) is 1. The summed E-state index contributed by atoms with van der Waals surface area (Å²) < 4.78 is 5.01. The van der Waals surface area contributed by atoms with Crippen molar-refractivity contribution in [3.8, 4) is 0 Å². The molecule has 1 saturated heterocycles. The first-order valence-electron chi connectivity index (χ1n) is 6.33. The fourth-order valence-electron chi connectivity index (χ4n) is 2.14. The zero-order chi connectivity index (χ0) is 13.5. The van der Waals surface area contributed by atoms with E-state index in [4.69, 9.17) is 9.84 Å². The average molecular weight is 258 g/mol. The first-order valence-corrected chi connectivity index (χ1v) is 6.33. The average Bonchev–Trinajstić information content (AvgIpc) is 2.34. The summed E-state index contributed by atoms with van der Waals surface area (Å²) >= 11 is 0. The van der Waals surface area contributed by atoms with E-state index >= 15 is 0 Å². The Kier molecular flexibility index (Phi) is 5.91. The van der Waals surface area contributed by atoms with E-state index in [9.17, 15) is 9.59 Å². The number of hydrogen-bond acceptors (Lipinski definition) is 3. The quantitative estimate of drug-likeness (QED) is 0.773. The van der Waals surface area contributed by atoms with Crippen LogP contribution in [0, 0.1) is 0 Å². The highest BCUT2D eigenvalue weighted by molar-refractivity contribution is 5.74. The monoisotopic (exact) mass is 258 g/mol. The lowest BCUT2D eigenvalue weighted by Crippen LogP contribution is -2.49. The lowest BCUT2D eigenvalue weighted by molar-refractivity contribution is -0.139. The molecule has 1 fully saturated rings. The first-order chi connectivity index (χ1) is 8.54. The van der Waals surface area contributed by atoms with Crippen molar-refractivity contribution in [1.82, 2.24) is 10.2 Å². The molecule has 0 radical (unpaired) electrons.